The van der Waals surface area contributed by atoms with E-state index >= 15 is 0 Å². The second kappa shape index (κ2) is 5.54. The van der Waals surface area contributed by atoms with Gasteiger partial charge in [-0.25, -0.2) is 0 Å². The average molecular weight is 222 g/mol. The van der Waals surface area contributed by atoms with Crippen molar-refractivity contribution in [3.63, 3.8) is 0 Å². The largest absolute Gasteiger partial charge is 0.507 e. The predicted octanol–water partition coefficient (Wildman–Crippen LogP) is 3.00. The van der Waals surface area contributed by atoms with E-state index in [-0.39, 0.29) is 17.0 Å². The van der Waals surface area contributed by atoms with E-state index in [1.165, 1.54) is 0 Å². The van der Waals surface area contributed by atoms with Crippen molar-refractivity contribution in [3.8, 4) is 5.75 Å². The lowest BCUT2D eigenvalue weighted by Crippen LogP contribution is -2.14. The molecule has 1 rings (SSSR count). The molecule has 0 spiro atoms. The Labute approximate surface area is 97.8 Å². The quantitative estimate of drug-likeness (QED) is 0.505. The zero-order chi connectivity index (χ0) is 12.9. The third-order valence-electron chi connectivity index (χ3n) is 2.15. The van der Waals surface area contributed by atoms with Gasteiger partial charge in [0, 0.05) is 0 Å². The van der Waals surface area contributed by atoms with Gasteiger partial charge in [-0.1, -0.05) is 40.7 Å². The highest BCUT2D eigenvalue weighted by Gasteiger charge is 2.15. The third-order valence-corrected chi connectivity index (χ3v) is 2.15. The van der Waals surface area contributed by atoms with Crippen molar-refractivity contribution in [1.29, 1.82) is 5.41 Å². The van der Waals surface area contributed by atoms with Crippen LogP contribution in [0, 0.1) is 5.41 Å². The molecule has 0 aromatic heterocycles. The van der Waals surface area contributed by atoms with Crippen LogP contribution in [0.25, 0.3) is 0 Å². The third kappa shape index (κ3) is 3.57. The Morgan fingerprint density at radius 2 is 1.75 bits per heavy atom. The second-order valence-corrected chi connectivity index (χ2v) is 4.40. The number of nitrogens with two attached hydrogens (primary N) is 1. The lowest BCUT2D eigenvalue weighted by molar-refractivity contribution is 0.469. The Morgan fingerprint density at radius 1 is 1.25 bits per heavy atom. The summed E-state index contributed by atoms with van der Waals surface area (Å²) in [7, 11) is 0. The molecule has 3 heteroatoms. The molecule has 16 heavy (non-hydrogen) atoms. The number of hydrogen-bond donors (Lipinski definition) is 3. The molecule has 1 aromatic rings. The van der Waals surface area contributed by atoms with Crippen LogP contribution in [0.4, 0.5) is 0 Å². The van der Waals surface area contributed by atoms with Crippen LogP contribution in [0.15, 0.2) is 18.2 Å². The molecule has 0 bridgehead atoms. The maximum atomic E-state index is 9.60. The van der Waals surface area contributed by atoms with Gasteiger partial charge in [-0.2, -0.15) is 0 Å². The fraction of sp³-hybridized carbons (Fsp3) is 0.462. The summed E-state index contributed by atoms with van der Waals surface area (Å²) in [4.78, 5) is 0. The zero-order valence-corrected chi connectivity index (χ0v) is 10.8. The first-order valence-corrected chi connectivity index (χ1v) is 5.50. The van der Waals surface area contributed by atoms with Crippen LogP contribution in [0.5, 0.6) is 5.75 Å². The summed E-state index contributed by atoms with van der Waals surface area (Å²) in [6, 6.07) is 5.23. The minimum atomic E-state index is -0.108. The van der Waals surface area contributed by atoms with Crippen LogP contribution in [0.1, 0.15) is 45.7 Å². The van der Waals surface area contributed by atoms with Crippen LogP contribution < -0.4 is 5.73 Å². The summed E-state index contributed by atoms with van der Waals surface area (Å²) in [5.41, 5.74) is 6.70. The Morgan fingerprint density at radius 3 is 2.06 bits per heavy atom. The van der Waals surface area contributed by atoms with Crippen molar-refractivity contribution in [3.05, 3.63) is 29.3 Å². The number of aromatic hydroxyl groups is 1. The molecule has 4 N–H and O–H groups in total. The number of rotatable bonds is 1. The Balaban J connectivity index is 0.00000106. The number of phenolic OH excluding ortho intramolecular Hbond substituents is 1. The Hall–Kier alpha value is -1.51. The van der Waals surface area contributed by atoms with E-state index in [4.69, 9.17) is 11.1 Å². The van der Waals surface area contributed by atoms with Gasteiger partial charge in [0.15, 0.2) is 0 Å². The van der Waals surface area contributed by atoms with Crippen LogP contribution in [-0.2, 0) is 5.41 Å². The van der Waals surface area contributed by atoms with Crippen LogP contribution in [0.3, 0.4) is 0 Å². The van der Waals surface area contributed by atoms with E-state index in [0.29, 0.717) is 5.56 Å². The molecule has 0 unspecified atom stereocenters. The molecule has 0 saturated carbocycles. The SMILES string of the molecule is CC.CC(C)(C)c1ccc(C(=N)N)c(O)c1. The standard InChI is InChI=1S/C11H16N2O.C2H6/c1-11(2,3)7-4-5-8(10(12)13)9(14)6-7;1-2/h4-6,14H,1-3H3,(H3,12,13);1-2H3. The van der Waals surface area contributed by atoms with Crippen molar-refractivity contribution in [1.82, 2.24) is 0 Å². The summed E-state index contributed by atoms with van der Waals surface area (Å²) >= 11 is 0. The first-order chi connectivity index (χ1) is 7.32. The molecule has 0 aliphatic heterocycles. The molecule has 3 nitrogen and oxygen atoms in total. The fourth-order valence-corrected chi connectivity index (χ4v) is 1.23. The first-order valence-electron chi connectivity index (χ1n) is 5.50. The van der Waals surface area contributed by atoms with Crippen LogP contribution >= 0.6 is 0 Å². The normalized spacial score (nSPS) is 10.3. The Bertz CT molecular complexity index is 365. The minimum Gasteiger partial charge on any atom is -0.507 e. The van der Waals surface area contributed by atoms with E-state index in [2.05, 4.69) is 20.8 Å². The van der Waals surface area contributed by atoms with Gasteiger partial charge in [-0.15, -0.1) is 0 Å². The maximum Gasteiger partial charge on any atom is 0.126 e. The number of nitrogen functional groups attached to an aromatic ring is 1. The monoisotopic (exact) mass is 222 g/mol. The molecule has 0 saturated heterocycles. The lowest BCUT2D eigenvalue weighted by atomic mass is 9.86. The number of amidine groups is 1. The molecule has 0 heterocycles. The summed E-state index contributed by atoms with van der Waals surface area (Å²) in [5, 5.41) is 16.8. The van der Waals surface area contributed by atoms with Gasteiger partial charge in [-0.3, -0.25) is 5.41 Å². The van der Waals surface area contributed by atoms with Crippen molar-refractivity contribution in [2.24, 2.45) is 5.73 Å². The average Bonchev–Trinajstić information content (AvgIpc) is 2.18. The Kier molecular flexibility index (Phi) is 5.02. The maximum absolute atomic E-state index is 9.60. The highest BCUT2D eigenvalue weighted by atomic mass is 16.3. The van der Waals surface area contributed by atoms with E-state index in [9.17, 15) is 5.11 Å². The molecule has 0 fully saturated rings. The zero-order valence-electron chi connectivity index (χ0n) is 10.8. The summed E-state index contributed by atoms with van der Waals surface area (Å²) in [6.07, 6.45) is 0. The van der Waals surface area contributed by atoms with E-state index < -0.39 is 0 Å². The molecular weight excluding hydrogens is 200 g/mol. The molecule has 0 aliphatic rings. The van der Waals surface area contributed by atoms with Crippen LogP contribution in [0.2, 0.25) is 0 Å². The van der Waals surface area contributed by atoms with Gasteiger partial charge >= 0.3 is 0 Å². The molecule has 90 valence electrons. The molecule has 0 radical (unpaired) electrons. The highest BCUT2D eigenvalue weighted by Crippen LogP contribution is 2.27. The molecule has 0 atom stereocenters. The van der Waals surface area contributed by atoms with Gasteiger partial charge in [0.25, 0.3) is 0 Å². The van der Waals surface area contributed by atoms with E-state index in [1.807, 2.05) is 19.9 Å². The van der Waals surface area contributed by atoms with Gasteiger partial charge in [0.2, 0.25) is 0 Å². The highest BCUT2D eigenvalue weighted by molar-refractivity contribution is 5.97. The molecule has 1 aromatic carbocycles. The van der Waals surface area contributed by atoms with Gasteiger partial charge < -0.3 is 10.8 Å². The van der Waals surface area contributed by atoms with Gasteiger partial charge in [0.1, 0.15) is 11.6 Å². The van der Waals surface area contributed by atoms with Crippen molar-refractivity contribution in [2.75, 3.05) is 0 Å². The molecular formula is C13H22N2O. The number of phenols is 1. The summed E-state index contributed by atoms with van der Waals surface area (Å²) in [5.74, 6) is -0.0344. The van der Waals surface area contributed by atoms with Crippen molar-refractivity contribution in [2.45, 2.75) is 40.0 Å². The van der Waals surface area contributed by atoms with Crippen LogP contribution in [-0.4, -0.2) is 10.9 Å². The number of benzene rings is 1. The van der Waals surface area contributed by atoms with E-state index in [0.717, 1.165) is 5.56 Å². The lowest BCUT2D eigenvalue weighted by Gasteiger charge is -2.19. The summed E-state index contributed by atoms with van der Waals surface area (Å²) < 4.78 is 0. The molecule has 0 aliphatic carbocycles. The fourth-order valence-electron chi connectivity index (χ4n) is 1.23. The van der Waals surface area contributed by atoms with Gasteiger partial charge in [-0.05, 0) is 23.1 Å². The topological polar surface area (TPSA) is 70.1 Å². The van der Waals surface area contributed by atoms with Crippen molar-refractivity contribution >= 4 is 5.84 Å². The number of hydrogen-bond acceptors (Lipinski definition) is 2. The minimum absolute atomic E-state index is 0.00714. The smallest absolute Gasteiger partial charge is 0.126 e. The van der Waals surface area contributed by atoms with E-state index in [1.54, 1.807) is 12.1 Å². The first kappa shape index (κ1) is 14.5. The predicted molar refractivity (Wildman–Crippen MR) is 69.2 cm³/mol. The second-order valence-electron chi connectivity index (χ2n) is 4.40. The summed E-state index contributed by atoms with van der Waals surface area (Å²) in [6.45, 7) is 10.2. The number of nitrogens with one attached hydrogen (secondary N) is 1. The van der Waals surface area contributed by atoms with Gasteiger partial charge in [0.05, 0.1) is 5.56 Å². The van der Waals surface area contributed by atoms with Crippen molar-refractivity contribution < 1.29 is 5.11 Å². The molecule has 0 amide bonds.